The van der Waals surface area contributed by atoms with Gasteiger partial charge in [0.2, 0.25) is 0 Å². The van der Waals surface area contributed by atoms with Crippen LogP contribution in [0.3, 0.4) is 0 Å². The van der Waals surface area contributed by atoms with E-state index in [2.05, 4.69) is 12.2 Å². The van der Waals surface area contributed by atoms with E-state index in [9.17, 15) is 0 Å². The van der Waals surface area contributed by atoms with Gasteiger partial charge in [0.1, 0.15) is 10.9 Å². The molecule has 0 aliphatic carbocycles. The fourth-order valence-electron chi connectivity index (χ4n) is 0.999. The third-order valence-corrected chi connectivity index (χ3v) is 1.95. The van der Waals surface area contributed by atoms with E-state index < -0.39 is 0 Å². The van der Waals surface area contributed by atoms with E-state index in [0.717, 1.165) is 12.3 Å². The van der Waals surface area contributed by atoms with Crippen molar-refractivity contribution in [2.24, 2.45) is 5.92 Å². The van der Waals surface area contributed by atoms with Crippen LogP contribution < -0.4 is 5.32 Å². The Morgan fingerprint density at radius 3 is 3.00 bits per heavy atom. The Hall–Kier alpha value is -0.630. The Bertz CT molecular complexity index is 198. The van der Waals surface area contributed by atoms with E-state index in [1.54, 1.807) is 7.11 Å². The molecule has 3 heteroatoms. The van der Waals surface area contributed by atoms with Crippen LogP contribution in [0.2, 0.25) is 0 Å². The van der Waals surface area contributed by atoms with E-state index in [0.29, 0.717) is 11.1 Å². The van der Waals surface area contributed by atoms with Crippen LogP contribution in [0, 0.1) is 5.92 Å². The lowest BCUT2D eigenvalue weighted by Gasteiger charge is -2.12. The second kappa shape index (κ2) is 3.67. The summed E-state index contributed by atoms with van der Waals surface area (Å²) in [5.74, 6) is 1.35. The molecule has 11 heavy (non-hydrogen) atoms. The van der Waals surface area contributed by atoms with Gasteiger partial charge in [-0.15, -0.1) is 0 Å². The van der Waals surface area contributed by atoms with E-state index in [1.807, 2.05) is 12.2 Å². The van der Waals surface area contributed by atoms with E-state index in [1.165, 1.54) is 0 Å². The molecule has 1 rings (SSSR count). The van der Waals surface area contributed by atoms with Gasteiger partial charge in [0.15, 0.2) is 0 Å². The van der Waals surface area contributed by atoms with Gasteiger partial charge in [-0.2, -0.15) is 0 Å². The molecule has 2 nitrogen and oxygen atoms in total. The SMILES string of the molecule is COC1=CC=C(Cl)NCC1C. The Labute approximate surface area is 71.9 Å². The van der Waals surface area contributed by atoms with Crippen molar-refractivity contribution in [3.63, 3.8) is 0 Å². The van der Waals surface area contributed by atoms with Gasteiger partial charge in [-0.1, -0.05) is 18.5 Å². The van der Waals surface area contributed by atoms with Gasteiger partial charge in [0.05, 0.1) is 7.11 Å². The highest BCUT2D eigenvalue weighted by molar-refractivity contribution is 6.29. The zero-order valence-electron chi connectivity index (χ0n) is 6.73. The molecule has 1 heterocycles. The predicted octanol–water partition coefficient (Wildman–Crippen LogP) is 1.84. The summed E-state index contributed by atoms with van der Waals surface area (Å²) in [5.41, 5.74) is 0. The van der Waals surface area contributed by atoms with Crippen LogP contribution in [-0.2, 0) is 4.74 Å². The van der Waals surface area contributed by atoms with Gasteiger partial charge < -0.3 is 10.1 Å². The van der Waals surface area contributed by atoms with Gasteiger partial charge in [-0.05, 0) is 12.2 Å². The van der Waals surface area contributed by atoms with Crippen molar-refractivity contribution in [2.75, 3.05) is 13.7 Å². The number of hydrogen-bond donors (Lipinski definition) is 1. The number of halogens is 1. The molecule has 0 aromatic rings. The Kier molecular flexibility index (Phi) is 2.83. The van der Waals surface area contributed by atoms with Crippen molar-refractivity contribution in [3.8, 4) is 0 Å². The maximum absolute atomic E-state index is 5.76. The fraction of sp³-hybridized carbons (Fsp3) is 0.500. The minimum absolute atomic E-state index is 0.382. The number of ether oxygens (including phenoxy) is 1. The van der Waals surface area contributed by atoms with Crippen LogP contribution in [0.4, 0.5) is 0 Å². The highest BCUT2D eigenvalue weighted by Gasteiger charge is 2.10. The smallest absolute Gasteiger partial charge is 0.102 e. The molecule has 1 aliphatic heterocycles. The van der Waals surface area contributed by atoms with Crippen molar-refractivity contribution < 1.29 is 4.74 Å². The summed E-state index contributed by atoms with van der Waals surface area (Å²) in [4.78, 5) is 0. The first-order valence-corrected chi connectivity index (χ1v) is 3.97. The number of allylic oxidation sites excluding steroid dienone is 2. The van der Waals surface area contributed by atoms with Crippen LogP contribution in [0.5, 0.6) is 0 Å². The summed E-state index contributed by atoms with van der Waals surface area (Å²) in [7, 11) is 1.68. The Morgan fingerprint density at radius 2 is 2.36 bits per heavy atom. The third kappa shape index (κ3) is 2.15. The van der Waals surface area contributed by atoms with Gasteiger partial charge >= 0.3 is 0 Å². The minimum atomic E-state index is 0.382. The first kappa shape index (κ1) is 8.47. The average Bonchev–Trinajstić information content (AvgIpc) is 2.15. The van der Waals surface area contributed by atoms with Crippen LogP contribution in [0.1, 0.15) is 6.92 Å². The molecule has 0 saturated heterocycles. The summed E-state index contributed by atoms with van der Waals surface area (Å²) in [6, 6.07) is 0. The summed E-state index contributed by atoms with van der Waals surface area (Å²) in [6.07, 6.45) is 3.71. The van der Waals surface area contributed by atoms with Crippen molar-refractivity contribution in [3.05, 3.63) is 23.1 Å². The maximum atomic E-state index is 5.76. The molecule has 1 unspecified atom stereocenters. The molecule has 0 spiro atoms. The molecular formula is C8H12ClNO. The number of nitrogens with one attached hydrogen (secondary N) is 1. The molecule has 1 atom stereocenters. The largest absolute Gasteiger partial charge is 0.501 e. The number of hydrogen-bond acceptors (Lipinski definition) is 2. The predicted molar refractivity (Wildman–Crippen MR) is 46.2 cm³/mol. The standard InChI is InChI=1S/C8H12ClNO/c1-6-5-10-8(9)4-3-7(6)11-2/h3-4,6,10H,5H2,1-2H3. The Balaban J connectivity index is 2.72. The highest BCUT2D eigenvalue weighted by atomic mass is 35.5. The van der Waals surface area contributed by atoms with Gasteiger partial charge in [-0.25, -0.2) is 0 Å². The second-order valence-electron chi connectivity index (χ2n) is 2.57. The average molecular weight is 174 g/mol. The molecule has 0 bridgehead atoms. The molecule has 62 valence electrons. The second-order valence-corrected chi connectivity index (χ2v) is 2.98. The zero-order chi connectivity index (χ0) is 8.27. The Morgan fingerprint density at radius 1 is 1.64 bits per heavy atom. The quantitative estimate of drug-likeness (QED) is 0.611. The first-order chi connectivity index (χ1) is 5.24. The lowest BCUT2D eigenvalue weighted by molar-refractivity contribution is 0.248. The topological polar surface area (TPSA) is 21.3 Å². The molecule has 0 fully saturated rings. The van der Waals surface area contributed by atoms with E-state index in [4.69, 9.17) is 16.3 Å². The molecule has 0 aromatic carbocycles. The molecule has 1 aliphatic rings. The molecular weight excluding hydrogens is 162 g/mol. The molecule has 1 N–H and O–H groups in total. The fourth-order valence-corrected chi connectivity index (χ4v) is 1.14. The van der Waals surface area contributed by atoms with Gasteiger partial charge in [0.25, 0.3) is 0 Å². The summed E-state index contributed by atoms with van der Waals surface area (Å²) < 4.78 is 5.15. The van der Waals surface area contributed by atoms with Gasteiger partial charge in [0, 0.05) is 12.5 Å². The van der Waals surface area contributed by atoms with Crippen LogP contribution in [0.25, 0.3) is 0 Å². The van der Waals surface area contributed by atoms with Crippen LogP contribution in [0.15, 0.2) is 23.1 Å². The first-order valence-electron chi connectivity index (χ1n) is 3.59. The lowest BCUT2D eigenvalue weighted by atomic mass is 10.1. The van der Waals surface area contributed by atoms with Crippen molar-refractivity contribution in [1.82, 2.24) is 5.32 Å². The summed E-state index contributed by atoms with van der Waals surface area (Å²) in [6.45, 7) is 2.92. The zero-order valence-corrected chi connectivity index (χ0v) is 7.48. The van der Waals surface area contributed by atoms with Crippen LogP contribution in [-0.4, -0.2) is 13.7 Å². The third-order valence-electron chi connectivity index (χ3n) is 1.69. The molecule has 0 aromatic heterocycles. The van der Waals surface area contributed by atoms with E-state index >= 15 is 0 Å². The number of rotatable bonds is 1. The molecule has 0 saturated carbocycles. The lowest BCUT2D eigenvalue weighted by Crippen LogP contribution is -2.18. The molecule has 0 amide bonds. The normalized spacial score (nSPS) is 24.5. The summed E-state index contributed by atoms with van der Waals surface area (Å²) in [5, 5.41) is 3.72. The van der Waals surface area contributed by atoms with Crippen molar-refractivity contribution in [2.45, 2.75) is 6.92 Å². The van der Waals surface area contributed by atoms with E-state index in [-0.39, 0.29) is 0 Å². The summed E-state index contributed by atoms with van der Waals surface area (Å²) >= 11 is 5.76. The van der Waals surface area contributed by atoms with Gasteiger partial charge in [-0.3, -0.25) is 0 Å². The highest BCUT2D eigenvalue weighted by Crippen LogP contribution is 2.15. The van der Waals surface area contributed by atoms with Crippen LogP contribution >= 0.6 is 11.6 Å². The monoisotopic (exact) mass is 173 g/mol. The van der Waals surface area contributed by atoms with Crippen molar-refractivity contribution >= 4 is 11.6 Å². The molecule has 0 radical (unpaired) electrons. The number of methoxy groups -OCH3 is 1. The minimum Gasteiger partial charge on any atom is -0.501 e. The maximum Gasteiger partial charge on any atom is 0.102 e. The van der Waals surface area contributed by atoms with Crippen molar-refractivity contribution in [1.29, 1.82) is 0 Å².